The van der Waals surface area contributed by atoms with Crippen molar-refractivity contribution in [2.75, 3.05) is 6.54 Å². The van der Waals surface area contributed by atoms with Crippen molar-refractivity contribution < 1.29 is 9.90 Å². The van der Waals surface area contributed by atoms with Crippen LogP contribution in [0.3, 0.4) is 0 Å². The van der Waals surface area contributed by atoms with E-state index < -0.39 is 6.10 Å². The standard InChI is InChI=1S/C19H22N4O2/c1-12-7-3-4-8-14(12)17(24)11-20-19(25)21-13(2)18-22-15-9-5-6-10-16(15)23-18/h3-10,13,17,24H,11H2,1-2H3,(H,22,23)(H2,20,21,25). The minimum Gasteiger partial charge on any atom is -0.387 e. The predicted octanol–water partition coefficient (Wildman–Crippen LogP) is 2.97. The summed E-state index contributed by atoms with van der Waals surface area (Å²) >= 11 is 0. The summed E-state index contributed by atoms with van der Waals surface area (Å²) in [6, 6.07) is 14.7. The number of fused-ring (bicyclic) bond motifs is 1. The lowest BCUT2D eigenvalue weighted by atomic mass is 10.0. The Morgan fingerprint density at radius 1 is 1.20 bits per heavy atom. The first-order valence-corrected chi connectivity index (χ1v) is 8.27. The highest BCUT2D eigenvalue weighted by atomic mass is 16.3. The number of hydrogen-bond donors (Lipinski definition) is 4. The Hall–Kier alpha value is -2.86. The second kappa shape index (κ2) is 7.36. The maximum atomic E-state index is 12.1. The SMILES string of the molecule is Cc1ccccc1C(O)CNC(=O)NC(C)c1nc2ccccc2[nH]1. The van der Waals surface area contributed by atoms with E-state index in [4.69, 9.17) is 0 Å². The number of para-hydroxylation sites is 2. The number of amides is 2. The first-order chi connectivity index (χ1) is 12.0. The number of nitrogens with zero attached hydrogens (tertiary/aromatic N) is 1. The van der Waals surface area contributed by atoms with Gasteiger partial charge in [-0.15, -0.1) is 0 Å². The molecule has 0 fully saturated rings. The average Bonchev–Trinajstić information content (AvgIpc) is 3.04. The summed E-state index contributed by atoms with van der Waals surface area (Å²) < 4.78 is 0. The highest BCUT2D eigenvalue weighted by Crippen LogP contribution is 2.17. The zero-order valence-corrected chi connectivity index (χ0v) is 14.3. The van der Waals surface area contributed by atoms with Crippen LogP contribution in [-0.2, 0) is 0 Å². The monoisotopic (exact) mass is 338 g/mol. The number of aromatic nitrogens is 2. The van der Waals surface area contributed by atoms with Gasteiger partial charge in [-0.05, 0) is 37.1 Å². The highest BCUT2D eigenvalue weighted by molar-refractivity contribution is 5.76. The minimum absolute atomic E-state index is 0.142. The number of rotatable bonds is 5. The molecule has 4 N–H and O–H groups in total. The molecule has 3 aromatic rings. The van der Waals surface area contributed by atoms with E-state index in [1.807, 2.05) is 62.4 Å². The third kappa shape index (κ3) is 3.97. The van der Waals surface area contributed by atoms with Gasteiger partial charge in [-0.25, -0.2) is 9.78 Å². The molecule has 0 spiro atoms. The summed E-state index contributed by atoms with van der Waals surface area (Å²) in [5, 5.41) is 15.8. The number of nitrogens with one attached hydrogen (secondary N) is 3. The van der Waals surface area contributed by atoms with Crippen LogP contribution >= 0.6 is 0 Å². The van der Waals surface area contributed by atoms with Gasteiger partial charge >= 0.3 is 6.03 Å². The van der Waals surface area contributed by atoms with E-state index in [1.165, 1.54) is 0 Å². The minimum atomic E-state index is -0.742. The van der Waals surface area contributed by atoms with Crippen LogP contribution in [-0.4, -0.2) is 27.7 Å². The Morgan fingerprint density at radius 3 is 2.68 bits per heavy atom. The van der Waals surface area contributed by atoms with Gasteiger partial charge in [0.1, 0.15) is 5.82 Å². The Kier molecular flexibility index (Phi) is 5.00. The first-order valence-electron chi connectivity index (χ1n) is 8.27. The molecule has 130 valence electrons. The first kappa shape index (κ1) is 17.0. The lowest BCUT2D eigenvalue weighted by Gasteiger charge is -2.16. The molecular weight excluding hydrogens is 316 g/mol. The molecule has 0 bridgehead atoms. The summed E-state index contributed by atoms with van der Waals surface area (Å²) in [5.41, 5.74) is 3.60. The second-order valence-corrected chi connectivity index (χ2v) is 6.09. The van der Waals surface area contributed by atoms with Gasteiger partial charge in [-0.1, -0.05) is 36.4 Å². The van der Waals surface area contributed by atoms with Crippen molar-refractivity contribution in [2.45, 2.75) is 26.0 Å². The topological polar surface area (TPSA) is 90.0 Å². The van der Waals surface area contributed by atoms with Gasteiger partial charge < -0.3 is 20.7 Å². The maximum absolute atomic E-state index is 12.1. The van der Waals surface area contributed by atoms with Crippen molar-refractivity contribution in [3.8, 4) is 0 Å². The van der Waals surface area contributed by atoms with Crippen molar-refractivity contribution in [2.24, 2.45) is 0 Å². The van der Waals surface area contributed by atoms with Crippen molar-refractivity contribution in [1.29, 1.82) is 0 Å². The van der Waals surface area contributed by atoms with Crippen LogP contribution in [0.15, 0.2) is 48.5 Å². The molecule has 6 heteroatoms. The quantitative estimate of drug-likeness (QED) is 0.576. The molecule has 25 heavy (non-hydrogen) atoms. The molecule has 3 rings (SSSR count). The van der Waals surface area contributed by atoms with E-state index in [-0.39, 0.29) is 18.6 Å². The normalized spacial score (nSPS) is 13.4. The number of hydrogen-bond acceptors (Lipinski definition) is 3. The van der Waals surface area contributed by atoms with E-state index in [1.54, 1.807) is 0 Å². The molecule has 2 atom stereocenters. The number of benzene rings is 2. The van der Waals surface area contributed by atoms with Gasteiger partial charge in [0.25, 0.3) is 0 Å². The van der Waals surface area contributed by atoms with Crippen LogP contribution in [0, 0.1) is 6.92 Å². The Morgan fingerprint density at radius 2 is 1.92 bits per heavy atom. The molecular formula is C19H22N4O2. The zero-order chi connectivity index (χ0) is 17.8. The molecule has 2 amide bonds. The number of carbonyl (C=O) groups excluding carboxylic acids is 1. The van der Waals surface area contributed by atoms with Crippen molar-refractivity contribution in [3.63, 3.8) is 0 Å². The predicted molar refractivity (Wildman–Crippen MR) is 97.2 cm³/mol. The Labute approximate surface area is 146 Å². The van der Waals surface area contributed by atoms with E-state index in [0.717, 1.165) is 22.2 Å². The smallest absolute Gasteiger partial charge is 0.315 e. The summed E-state index contributed by atoms with van der Waals surface area (Å²) in [6.07, 6.45) is -0.742. The molecule has 0 aliphatic carbocycles. The number of H-pyrrole nitrogens is 1. The number of aromatic amines is 1. The number of urea groups is 1. The fraction of sp³-hybridized carbons (Fsp3) is 0.263. The molecule has 0 aliphatic heterocycles. The molecule has 2 unspecified atom stereocenters. The van der Waals surface area contributed by atoms with Gasteiger partial charge in [0.2, 0.25) is 0 Å². The lowest BCUT2D eigenvalue weighted by molar-refractivity contribution is 0.172. The molecule has 0 radical (unpaired) electrons. The van der Waals surface area contributed by atoms with Crippen LogP contribution in [0.25, 0.3) is 11.0 Å². The summed E-state index contributed by atoms with van der Waals surface area (Å²) in [7, 11) is 0. The summed E-state index contributed by atoms with van der Waals surface area (Å²) in [6.45, 7) is 3.93. The van der Waals surface area contributed by atoms with Crippen molar-refractivity contribution in [3.05, 3.63) is 65.5 Å². The van der Waals surface area contributed by atoms with Crippen LogP contribution in [0.1, 0.15) is 36.0 Å². The van der Waals surface area contributed by atoms with Crippen LogP contribution in [0.5, 0.6) is 0 Å². The van der Waals surface area contributed by atoms with Gasteiger partial charge in [0, 0.05) is 6.54 Å². The molecule has 0 saturated heterocycles. The summed E-state index contributed by atoms with van der Waals surface area (Å²) in [5.74, 6) is 0.691. The fourth-order valence-electron chi connectivity index (χ4n) is 2.75. The fourth-order valence-corrected chi connectivity index (χ4v) is 2.75. The van der Waals surface area contributed by atoms with Crippen molar-refractivity contribution >= 4 is 17.1 Å². The molecule has 1 heterocycles. The van der Waals surface area contributed by atoms with Gasteiger partial charge in [0.05, 0.1) is 23.2 Å². The molecule has 0 aliphatic rings. The van der Waals surface area contributed by atoms with Crippen LogP contribution in [0.4, 0.5) is 4.79 Å². The summed E-state index contributed by atoms with van der Waals surface area (Å²) in [4.78, 5) is 19.8. The molecule has 0 saturated carbocycles. The van der Waals surface area contributed by atoms with E-state index in [9.17, 15) is 9.90 Å². The third-order valence-corrected chi connectivity index (χ3v) is 4.17. The number of aliphatic hydroxyl groups excluding tert-OH is 1. The van der Waals surface area contributed by atoms with Crippen molar-refractivity contribution in [1.82, 2.24) is 20.6 Å². The number of aliphatic hydroxyl groups is 1. The molecule has 2 aromatic carbocycles. The number of aryl methyl sites for hydroxylation is 1. The zero-order valence-electron chi connectivity index (χ0n) is 14.3. The Bertz CT molecular complexity index is 841. The third-order valence-electron chi connectivity index (χ3n) is 4.17. The molecule has 6 nitrogen and oxygen atoms in total. The second-order valence-electron chi connectivity index (χ2n) is 6.09. The van der Waals surface area contributed by atoms with Gasteiger partial charge in [-0.3, -0.25) is 0 Å². The van der Waals surface area contributed by atoms with Gasteiger partial charge in [-0.2, -0.15) is 0 Å². The van der Waals surface area contributed by atoms with E-state index in [2.05, 4.69) is 20.6 Å². The highest BCUT2D eigenvalue weighted by Gasteiger charge is 2.15. The largest absolute Gasteiger partial charge is 0.387 e. The number of imidazole rings is 1. The average molecular weight is 338 g/mol. The lowest BCUT2D eigenvalue weighted by Crippen LogP contribution is -2.39. The van der Waals surface area contributed by atoms with Crippen LogP contribution in [0.2, 0.25) is 0 Å². The van der Waals surface area contributed by atoms with Gasteiger partial charge in [0.15, 0.2) is 0 Å². The van der Waals surface area contributed by atoms with E-state index >= 15 is 0 Å². The van der Waals surface area contributed by atoms with Crippen LogP contribution < -0.4 is 10.6 Å². The maximum Gasteiger partial charge on any atom is 0.315 e. The number of carbonyl (C=O) groups is 1. The van der Waals surface area contributed by atoms with E-state index in [0.29, 0.717) is 5.82 Å². The Balaban J connectivity index is 1.56. The molecule has 1 aromatic heterocycles.